The Labute approximate surface area is 134 Å². The number of hydrogen-bond donors (Lipinski definition) is 0. The third-order valence-corrected chi connectivity index (χ3v) is 4.97. The molecule has 1 saturated carbocycles. The molecule has 0 amide bonds. The van der Waals surface area contributed by atoms with Crippen LogP contribution < -0.4 is 0 Å². The predicted octanol–water partition coefficient (Wildman–Crippen LogP) is 6.95. The van der Waals surface area contributed by atoms with Crippen molar-refractivity contribution in [1.29, 1.82) is 0 Å². The smallest absolute Gasteiger partial charge is 0.0360 e. The molecule has 1 nitrogen and oxygen atoms in total. The van der Waals surface area contributed by atoms with Crippen molar-refractivity contribution in [3.05, 3.63) is 0 Å². The molecule has 0 atom stereocenters. The highest BCUT2D eigenvalue weighted by atomic mass is 14.7. The second-order valence-corrected chi connectivity index (χ2v) is 6.88. The highest BCUT2D eigenvalue weighted by molar-refractivity contribution is 5.86. The zero-order valence-electron chi connectivity index (χ0n) is 14.8. The maximum absolute atomic E-state index is 4.88. The number of hydrogen-bond acceptors (Lipinski definition) is 1. The molecule has 1 heteroatoms. The maximum Gasteiger partial charge on any atom is 0.0360 e. The second kappa shape index (κ2) is 13.3. The summed E-state index contributed by atoms with van der Waals surface area (Å²) >= 11 is 0. The molecule has 1 aliphatic carbocycles. The number of rotatable bonds is 10. The highest BCUT2D eigenvalue weighted by Gasteiger charge is 2.16. The minimum absolute atomic E-state index is 0.824. The number of unbranched alkanes of at least 4 members (excludes halogenated alkanes) is 6. The summed E-state index contributed by atoms with van der Waals surface area (Å²) in [7, 11) is 0. The summed E-state index contributed by atoms with van der Waals surface area (Å²) in [4.78, 5) is 4.88. The third kappa shape index (κ3) is 9.32. The lowest BCUT2D eigenvalue weighted by molar-refractivity contribution is 0.446. The Kier molecular flexibility index (Phi) is 11.9. The van der Waals surface area contributed by atoms with Crippen molar-refractivity contribution in [1.82, 2.24) is 0 Å². The van der Waals surface area contributed by atoms with E-state index < -0.39 is 0 Å². The van der Waals surface area contributed by atoms with Gasteiger partial charge in [-0.3, -0.25) is 4.99 Å². The van der Waals surface area contributed by atoms with Crippen LogP contribution >= 0.6 is 0 Å². The van der Waals surface area contributed by atoms with Crippen molar-refractivity contribution in [3.8, 4) is 0 Å². The van der Waals surface area contributed by atoms with Crippen LogP contribution in [0.2, 0.25) is 0 Å². The van der Waals surface area contributed by atoms with E-state index in [4.69, 9.17) is 4.99 Å². The Morgan fingerprint density at radius 2 is 1.33 bits per heavy atom. The first-order chi connectivity index (χ1) is 10.4. The first-order valence-electron chi connectivity index (χ1n) is 9.91. The summed E-state index contributed by atoms with van der Waals surface area (Å²) < 4.78 is 0. The zero-order chi connectivity index (χ0) is 15.2. The SMILES string of the molecule is CCCCCCCCCC(=NCC)C1CCCCCCC1. The van der Waals surface area contributed by atoms with E-state index in [0.29, 0.717) is 0 Å². The van der Waals surface area contributed by atoms with Gasteiger partial charge in [-0.1, -0.05) is 77.6 Å². The van der Waals surface area contributed by atoms with Gasteiger partial charge < -0.3 is 0 Å². The molecule has 0 saturated heterocycles. The maximum atomic E-state index is 4.88. The fourth-order valence-electron chi connectivity index (χ4n) is 3.67. The van der Waals surface area contributed by atoms with Gasteiger partial charge in [-0.05, 0) is 38.5 Å². The van der Waals surface area contributed by atoms with Crippen LogP contribution in [0, 0.1) is 5.92 Å². The molecule has 21 heavy (non-hydrogen) atoms. The van der Waals surface area contributed by atoms with Crippen LogP contribution in [0.5, 0.6) is 0 Å². The monoisotopic (exact) mass is 293 g/mol. The molecule has 0 radical (unpaired) electrons. The Morgan fingerprint density at radius 1 is 0.762 bits per heavy atom. The average Bonchev–Trinajstić information content (AvgIpc) is 2.45. The van der Waals surface area contributed by atoms with Crippen LogP contribution in [0.4, 0.5) is 0 Å². The molecule has 0 aromatic rings. The minimum atomic E-state index is 0.824. The summed E-state index contributed by atoms with van der Waals surface area (Å²) in [6.07, 6.45) is 21.2. The third-order valence-electron chi connectivity index (χ3n) is 4.97. The van der Waals surface area contributed by atoms with Crippen molar-refractivity contribution in [3.63, 3.8) is 0 Å². The first-order valence-corrected chi connectivity index (χ1v) is 9.91. The van der Waals surface area contributed by atoms with Gasteiger partial charge in [-0.25, -0.2) is 0 Å². The van der Waals surface area contributed by atoms with Gasteiger partial charge in [-0.2, -0.15) is 0 Å². The van der Waals surface area contributed by atoms with Gasteiger partial charge in [-0.15, -0.1) is 0 Å². The molecule has 0 aromatic carbocycles. The first kappa shape index (κ1) is 18.7. The summed E-state index contributed by atoms with van der Waals surface area (Å²) in [5, 5.41) is 0. The van der Waals surface area contributed by atoms with Crippen LogP contribution in [0.15, 0.2) is 4.99 Å². The summed E-state index contributed by atoms with van der Waals surface area (Å²) in [5.74, 6) is 0.824. The van der Waals surface area contributed by atoms with Crippen molar-refractivity contribution < 1.29 is 0 Å². The van der Waals surface area contributed by atoms with Crippen molar-refractivity contribution in [2.24, 2.45) is 10.9 Å². The molecule has 1 aliphatic rings. The topological polar surface area (TPSA) is 12.4 Å². The molecular weight excluding hydrogens is 254 g/mol. The molecule has 0 bridgehead atoms. The zero-order valence-corrected chi connectivity index (χ0v) is 14.8. The van der Waals surface area contributed by atoms with E-state index in [-0.39, 0.29) is 0 Å². The van der Waals surface area contributed by atoms with Crippen molar-refractivity contribution in [2.75, 3.05) is 6.54 Å². The van der Waals surface area contributed by atoms with E-state index in [1.165, 1.54) is 96.3 Å². The van der Waals surface area contributed by atoms with Crippen LogP contribution in [-0.4, -0.2) is 12.3 Å². The molecule has 0 spiro atoms. The fourth-order valence-corrected chi connectivity index (χ4v) is 3.67. The van der Waals surface area contributed by atoms with Crippen molar-refractivity contribution in [2.45, 2.75) is 110 Å². The molecule has 0 N–H and O–H groups in total. The van der Waals surface area contributed by atoms with Crippen LogP contribution in [0.1, 0.15) is 110 Å². The quantitative estimate of drug-likeness (QED) is 0.305. The Bertz CT molecular complexity index is 249. The molecule has 0 heterocycles. The predicted molar refractivity (Wildman–Crippen MR) is 96.4 cm³/mol. The lowest BCUT2D eigenvalue weighted by Gasteiger charge is -2.22. The van der Waals surface area contributed by atoms with Crippen LogP contribution in [-0.2, 0) is 0 Å². The minimum Gasteiger partial charge on any atom is -0.294 e. The van der Waals surface area contributed by atoms with E-state index in [1.54, 1.807) is 5.71 Å². The van der Waals surface area contributed by atoms with Crippen LogP contribution in [0.25, 0.3) is 0 Å². The normalized spacial score (nSPS) is 18.5. The summed E-state index contributed by atoms with van der Waals surface area (Å²) in [6, 6.07) is 0. The summed E-state index contributed by atoms with van der Waals surface area (Å²) in [5.41, 5.74) is 1.58. The Morgan fingerprint density at radius 3 is 1.95 bits per heavy atom. The van der Waals surface area contributed by atoms with E-state index in [9.17, 15) is 0 Å². The fraction of sp³-hybridized carbons (Fsp3) is 0.950. The Hall–Kier alpha value is -0.330. The highest BCUT2D eigenvalue weighted by Crippen LogP contribution is 2.25. The molecule has 0 aromatic heterocycles. The van der Waals surface area contributed by atoms with Gasteiger partial charge in [0.2, 0.25) is 0 Å². The van der Waals surface area contributed by atoms with Gasteiger partial charge >= 0.3 is 0 Å². The number of nitrogens with zero attached hydrogens (tertiary/aromatic N) is 1. The van der Waals surface area contributed by atoms with Gasteiger partial charge in [0.25, 0.3) is 0 Å². The van der Waals surface area contributed by atoms with E-state index in [0.717, 1.165) is 12.5 Å². The van der Waals surface area contributed by atoms with Gasteiger partial charge in [0.15, 0.2) is 0 Å². The molecule has 1 fully saturated rings. The molecular formula is C20H39N. The molecule has 1 rings (SSSR count). The van der Waals surface area contributed by atoms with Crippen molar-refractivity contribution >= 4 is 5.71 Å². The molecule has 0 unspecified atom stereocenters. The van der Waals surface area contributed by atoms with E-state index in [2.05, 4.69) is 13.8 Å². The van der Waals surface area contributed by atoms with Gasteiger partial charge in [0.05, 0.1) is 0 Å². The van der Waals surface area contributed by atoms with Crippen LogP contribution in [0.3, 0.4) is 0 Å². The summed E-state index contributed by atoms with van der Waals surface area (Å²) in [6.45, 7) is 5.48. The van der Waals surface area contributed by atoms with E-state index in [1.807, 2.05) is 0 Å². The standard InChI is InChI=1S/C20H39N/c1-3-5-6-7-8-12-15-18-20(21-4-2)19-16-13-10-9-11-14-17-19/h19H,3-18H2,1-2H3. The van der Waals surface area contributed by atoms with Gasteiger partial charge in [0.1, 0.15) is 0 Å². The molecule has 124 valence electrons. The lowest BCUT2D eigenvalue weighted by atomic mass is 9.85. The largest absolute Gasteiger partial charge is 0.294 e. The average molecular weight is 294 g/mol. The molecule has 0 aliphatic heterocycles. The van der Waals surface area contributed by atoms with Gasteiger partial charge in [0, 0.05) is 12.3 Å². The number of aliphatic imine (C=N–C) groups is 1. The Balaban J connectivity index is 2.23. The second-order valence-electron chi connectivity index (χ2n) is 6.88. The van der Waals surface area contributed by atoms with E-state index >= 15 is 0 Å². The lowest BCUT2D eigenvalue weighted by Crippen LogP contribution is -2.16.